The largest absolute Gasteiger partial charge is 0.272 e. The third-order valence-corrected chi connectivity index (χ3v) is 4.76. The second-order valence-corrected chi connectivity index (χ2v) is 6.62. The van der Waals surface area contributed by atoms with Gasteiger partial charge in [-0.3, -0.25) is 19.8 Å². The van der Waals surface area contributed by atoms with E-state index in [1.807, 2.05) is 13.0 Å². The molecule has 0 saturated carbocycles. The van der Waals surface area contributed by atoms with E-state index in [1.54, 1.807) is 0 Å². The zero-order valence-electron chi connectivity index (χ0n) is 12.3. The number of carbonyl (C=O) groups excluding carboxylic acids is 3. The van der Waals surface area contributed by atoms with Crippen molar-refractivity contribution in [1.29, 1.82) is 0 Å². The maximum absolute atomic E-state index is 12.4. The standard InChI is InChI=1S/C16H14Cl2N2O3/c1-8-2-4-10-12(6-8)16(23)20(15(10)22)19-14(21)11-5-3-9(17)7-13(11)18/h2-3,5,7,10,12H,4,6H2,1H3,(H,19,21)/t10-,12-/m1/s1. The molecule has 0 unspecified atom stereocenters. The molecular weight excluding hydrogens is 339 g/mol. The van der Waals surface area contributed by atoms with Crippen molar-refractivity contribution in [2.75, 3.05) is 0 Å². The number of hydrazine groups is 1. The quantitative estimate of drug-likeness (QED) is 0.657. The third-order valence-electron chi connectivity index (χ3n) is 4.21. The van der Waals surface area contributed by atoms with Gasteiger partial charge in [0.15, 0.2) is 0 Å². The van der Waals surface area contributed by atoms with Crippen LogP contribution in [0.4, 0.5) is 0 Å². The van der Waals surface area contributed by atoms with Crippen molar-refractivity contribution in [2.45, 2.75) is 19.8 Å². The van der Waals surface area contributed by atoms with Crippen molar-refractivity contribution < 1.29 is 14.4 Å². The Kier molecular flexibility index (Phi) is 4.17. The van der Waals surface area contributed by atoms with Crippen molar-refractivity contribution in [3.05, 3.63) is 45.5 Å². The van der Waals surface area contributed by atoms with Crippen molar-refractivity contribution in [2.24, 2.45) is 11.8 Å². The number of hydrogen-bond donors (Lipinski definition) is 1. The number of amides is 3. The molecule has 1 saturated heterocycles. The highest BCUT2D eigenvalue weighted by Crippen LogP contribution is 2.37. The summed E-state index contributed by atoms with van der Waals surface area (Å²) >= 11 is 11.8. The van der Waals surface area contributed by atoms with E-state index in [-0.39, 0.29) is 22.4 Å². The molecule has 3 rings (SSSR count). The zero-order chi connectivity index (χ0) is 16.7. The molecule has 120 valence electrons. The van der Waals surface area contributed by atoms with Crippen LogP contribution in [-0.4, -0.2) is 22.7 Å². The molecule has 2 aliphatic rings. The topological polar surface area (TPSA) is 66.5 Å². The van der Waals surface area contributed by atoms with Crippen molar-refractivity contribution in [3.63, 3.8) is 0 Å². The smallest absolute Gasteiger partial charge is 0.271 e. The summed E-state index contributed by atoms with van der Waals surface area (Å²) in [5.41, 5.74) is 3.61. The minimum Gasteiger partial charge on any atom is -0.272 e. The van der Waals surface area contributed by atoms with Gasteiger partial charge in [-0.1, -0.05) is 34.9 Å². The maximum Gasteiger partial charge on any atom is 0.271 e. The number of nitrogens with one attached hydrogen (secondary N) is 1. The van der Waals surface area contributed by atoms with Gasteiger partial charge in [-0.05, 0) is 38.0 Å². The van der Waals surface area contributed by atoms with E-state index < -0.39 is 17.7 Å². The van der Waals surface area contributed by atoms with E-state index in [0.717, 1.165) is 10.6 Å². The molecule has 1 aliphatic heterocycles. The van der Waals surface area contributed by atoms with Gasteiger partial charge in [0, 0.05) is 5.02 Å². The molecule has 1 aromatic rings. The van der Waals surface area contributed by atoms with Gasteiger partial charge in [0.05, 0.1) is 22.4 Å². The summed E-state index contributed by atoms with van der Waals surface area (Å²) in [6.45, 7) is 1.93. The minimum atomic E-state index is -0.614. The number of fused-ring (bicyclic) bond motifs is 1. The molecule has 23 heavy (non-hydrogen) atoms. The van der Waals surface area contributed by atoms with E-state index in [0.29, 0.717) is 17.9 Å². The maximum atomic E-state index is 12.4. The van der Waals surface area contributed by atoms with Crippen molar-refractivity contribution in [1.82, 2.24) is 10.4 Å². The highest BCUT2D eigenvalue weighted by Gasteiger charge is 2.49. The SMILES string of the molecule is CC1=CC[C@H]2C(=O)N(NC(=O)c3ccc(Cl)cc3Cl)C(=O)[C@@H]2C1. The summed E-state index contributed by atoms with van der Waals surface area (Å²) in [5, 5.41) is 1.38. The van der Waals surface area contributed by atoms with Crippen LogP contribution in [0.5, 0.6) is 0 Å². The number of rotatable bonds is 2. The van der Waals surface area contributed by atoms with Crippen LogP contribution in [0, 0.1) is 11.8 Å². The van der Waals surface area contributed by atoms with Gasteiger partial charge in [0.2, 0.25) is 0 Å². The van der Waals surface area contributed by atoms with Gasteiger partial charge in [0.1, 0.15) is 0 Å². The summed E-state index contributed by atoms with van der Waals surface area (Å²) in [6.07, 6.45) is 3.03. The Balaban J connectivity index is 1.79. The molecule has 3 amide bonds. The fourth-order valence-electron chi connectivity index (χ4n) is 2.98. The van der Waals surface area contributed by atoms with Crippen LogP contribution in [0.3, 0.4) is 0 Å². The third kappa shape index (κ3) is 2.86. The van der Waals surface area contributed by atoms with Gasteiger partial charge in [-0.15, -0.1) is 0 Å². The lowest BCUT2D eigenvalue weighted by molar-refractivity contribution is -0.142. The lowest BCUT2D eigenvalue weighted by Crippen LogP contribution is -2.46. The van der Waals surface area contributed by atoms with Crippen molar-refractivity contribution >= 4 is 40.9 Å². The Morgan fingerprint density at radius 3 is 2.61 bits per heavy atom. The van der Waals surface area contributed by atoms with Gasteiger partial charge in [0.25, 0.3) is 17.7 Å². The Bertz CT molecular complexity index is 745. The predicted octanol–water partition coefficient (Wildman–Crippen LogP) is 2.98. The number of carbonyl (C=O) groups is 3. The molecule has 2 atom stereocenters. The molecule has 0 aromatic heterocycles. The van der Waals surface area contributed by atoms with E-state index in [1.165, 1.54) is 18.2 Å². The minimum absolute atomic E-state index is 0.154. The van der Waals surface area contributed by atoms with Crippen LogP contribution in [0.2, 0.25) is 10.0 Å². The van der Waals surface area contributed by atoms with Gasteiger partial charge in [-0.2, -0.15) is 5.01 Å². The first-order valence-electron chi connectivity index (χ1n) is 7.18. The molecule has 1 aromatic carbocycles. The van der Waals surface area contributed by atoms with E-state index in [9.17, 15) is 14.4 Å². The van der Waals surface area contributed by atoms with Crippen molar-refractivity contribution in [3.8, 4) is 0 Å². The summed E-state index contributed by atoms with van der Waals surface area (Å²) in [4.78, 5) is 37.1. The van der Waals surface area contributed by atoms with Gasteiger partial charge >= 0.3 is 0 Å². The van der Waals surface area contributed by atoms with Crippen LogP contribution >= 0.6 is 23.2 Å². The van der Waals surface area contributed by atoms with Gasteiger partial charge in [-0.25, -0.2) is 0 Å². The first kappa shape index (κ1) is 16.0. The second kappa shape index (κ2) is 5.98. The number of hydrogen-bond acceptors (Lipinski definition) is 3. The second-order valence-electron chi connectivity index (χ2n) is 5.78. The van der Waals surface area contributed by atoms with Crippen LogP contribution in [-0.2, 0) is 9.59 Å². The lowest BCUT2D eigenvalue weighted by Gasteiger charge is -2.18. The van der Waals surface area contributed by atoms with Crippen LogP contribution in [0.25, 0.3) is 0 Å². The molecule has 0 radical (unpaired) electrons. The average Bonchev–Trinajstić information content (AvgIpc) is 2.72. The molecule has 5 nitrogen and oxygen atoms in total. The molecule has 0 spiro atoms. The summed E-state index contributed by atoms with van der Waals surface area (Å²) in [5.74, 6) is -2.15. The number of nitrogens with zero attached hydrogens (tertiary/aromatic N) is 1. The van der Waals surface area contributed by atoms with Crippen LogP contribution in [0.1, 0.15) is 30.1 Å². The first-order valence-corrected chi connectivity index (χ1v) is 7.93. The Morgan fingerprint density at radius 2 is 1.91 bits per heavy atom. The van der Waals surface area contributed by atoms with Crippen LogP contribution < -0.4 is 5.43 Å². The molecule has 0 bridgehead atoms. The molecule has 1 aliphatic carbocycles. The lowest BCUT2D eigenvalue weighted by atomic mass is 9.82. The first-order chi connectivity index (χ1) is 10.9. The normalized spacial score (nSPS) is 23.6. The number of benzene rings is 1. The molecule has 1 fully saturated rings. The highest BCUT2D eigenvalue weighted by molar-refractivity contribution is 6.36. The number of allylic oxidation sites excluding steroid dienone is 2. The Labute approximate surface area is 143 Å². The molecule has 1 N–H and O–H groups in total. The fraction of sp³-hybridized carbons (Fsp3) is 0.312. The van der Waals surface area contributed by atoms with E-state index >= 15 is 0 Å². The summed E-state index contributed by atoms with van der Waals surface area (Å²) in [7, 11) is 0. The fourth-order valence-corrected chi connectivity index (χ4v) is 3.48. The van der Waals surface area contributed by atoms with E-state index in [4.69, 9.17) is 23.2 Å². The summed E-state index contributed by atoms with van der Waals surface area (Å²) in [6, 6.07) is 4.39. The Hall–Kier alpha value is -1.85. The predicted molar refractivity (Wildman–Crippen MR) is 85.8 cm³/mol. The summed E-state index contributed by atoms with van der Waals surface area (Å²) < 4.78 is 0. The van der Waals surface area contributed by atoms with Gasteiger partial charge < -0.3 is 0 Å². The molecule has 7 heteroatoms. The average molecular weight is 353 g/mol. The highest BCUT2D eigenvalue weighted by atomic mass is 35.5. The monoisotopic (exact) mass is 352 g/mol. The van der Waals surface area contributed by atoms with E-state index in [2.05, 4.69) is 5.43 Å². The van der Waals surface area contributed by atoms with Crippen LogP contribution in [0.15, 0.2) is 29.8 Å². The Morgan fingerprint density at radius 1 is 1.22 bits per heavy atom. The molecular formula is C16H14Cl2N2O3. The number of imide groups is 1. The number of halogens is 2. The molecule has 1 heterocycles. The zero-order valence-corrected chi connectivity index (χ0v) is 13.8.